The van der Waals surface area contributed by atoms with Crippen molar-refractivity contribution in [2.24, 2.45) is 17.3 Å². The Labute approximate surface area is 164 Å². The van der Waals surface area contributed by atoms with Gasteiger partial charge in [0.1, 0.15) is 0 Å². The minimum atomic E-state index is -2.56. The summed E-state index contributed by atoms with van der Waals surface area (Å²) < 4.78 is 30.9. The predicted molar refractivity (Wildman–Crippen MR) is 101 cm³/mol. The van der Waals surface area contributed by atoms with E-state index in [2.05, 4.69) is 15.0 Å². The predicted octanol–water partition coefficient (Wildman–Crippen LogP) is 3.31. The zero-order valence-corrected chi connectivity index (χ0v) is 15.9. The Hall–Kier alpha value is -2.29. The van der Waals surface area contributed by atoms with Crippen LogP contribution in [0.4, 0.5) is 19.3 Å². The van der Waals surface area contributed by atoms with Gasteiger partial charge in [-0.3, -0.25) is 4.79 Å². The molecule has 2 saturated carbocycles. The summed E-state index contributed by atoms with van der Waals surface area (Å²) in [5.41, 5.74) is 0.643. The fourth-order valence-corrected chi connectivity index (χ4v) is 5.00. The Morgan fingerprint density at radius 3 is 2.79 bits per heavy atom. The van der Waals surface area contributed by atoms with Gasteiger partial charge in [0.25, 0.3) is 0 Å². The smallest absolute Gasteiger partial charge is 0.317 e. The van der Waals surface area contributed by atoms with Crippen molar-refractivity contribution in [2.75, 3.05) is 25.0 Å². The van der Waals surface area contributed by atoms with E-state index in [9.17, 15) is 18.4 Å². The van der Waals surface area contributed by atoms with E-state index in [4.69, 9.17) is 0 Å². The van der Waals surface area contributed by atoms with Crippen LogP contribution in [-0.4, -0.2) is 46.8 Å². The molecule has 1 aliphatic heterocycles. The molecule has 2 aromatic rings. The van der Waals surface area contributed by atoms with Gasteiger partial charge in [0.05, 0.1) is 4.70 Å². The molecule has 28 heavy (non-hydrogen) atoms. The van der Waals surface area contributed by atoms with Crippen LogP contribution in [0.15, 0.2) is 24.4 Å². The van der Waals surface area contributed by atoms with Gasteiger partial charge in [0.15, 0.2) is 0 Å². The molecule has 9 heteroatoms. The molecule has 6 nitrogen and oxygen atoms in total. The SMILES string of the molecule is O=C(Nc1ccc2sncc2c1)C1CC12CN(C(=O)NCC1CC(F)(F)C1)C2. The highest BCUT2D eigenvalue weighted by atomic mass is 32.1. The standard InChI is InChI=1S/C19H20F2N4O2S/c20-19(21)4-11(5-19)7-22-17(27)25-9-18(10-25)6-14(18)16(26)24-13-1-2-15-12(3-13)8-23-28-15/h1-3,8,11,14H,4-7,9-10H2,(H,22,27)(H,24,26). The zero-order valence-electron chi connectivity index (χ0n) is 15.1. The number of halogens is 2. The maximum Gasteiger partial charge on any atom is 0.317 e. The topological polar surface area (TPSA) is 74.3 Å². The molecule has 1 aromatic heterocycles. The van der Waals surface area contributed by atoms with Crippen LogP contribution in [0.2, 0.25) is 0 Å². The number of carbonyl (C=O) groups excluding carboxylic acids is 2. The second-order valence-corrected chi connectivity index (χ2v) is 9.19. The molecule has 2 heterocycles. The number of fused-ring (bicyclic) bond motifs is 1. The Kier molecular flexibility index (Phi) is 3.88. The van der Waals surface area contributed by atoms with Crippen molar-refractivity contribution in [3.8, 4) is 0 Å². The molecule has 148 valence electrons. The van der Waals surface area contributed by atoms with Crippen molar-refractivity contribution in [3.05, 3.63) is 24.4 Å². The molecule has 2 aliphatic carbocycles. The minimum absolute atomic E-state index is 0.0145. The van der Waals surface area contributed by atoms with Crippen LogP contribution in [0.3, 0.4) is 0 Å². The lowest BCUT2D eigenvalue weighted by Crippen LogP contribution is -2.57. The molecule has 3 aliphatic rings. The number of amides is 3. The van der Waals surface area contributed by atoms with E-state index in [1.165, 1.54) is 11.5 Å². The van der Waals surface area contributed by atoms with E-state index in [1.54, 1.807) is 11.1 Å². The molecule has 3 amide bonds. The van der Waals surface area contributed by atoms with Crippen LogP contribution in [0.25, 0.3) is 10.1 Å². The molecule has 1 saturated heterocycles. The van der Waals surface area contributed by atoms with Gasteiger partial charge in [0, 0.05) is 61.1 Å². The first-order valence-corrected chi connectivity index (χ1v) is 10.2. The Morgan fingerprint density at radius 1 is 1.25 bits per heavy atom. The van der Waals surface area contributed by atoms with E-state index >= 15 is 0 Å². The summed E-state index contributed by atoms with van der Waals surface area (Å²) in [6, 6.07) is 5.51. The van der Waals surface area contributed by atoms with E-state index in [-0.39, 0.29) is 42.0 Å². The molecule has 1 spiro atoms. The van der Waals surface area contributed by atoms with Gasteiger partial charge in [0.2, 0.25) is 11.8 Å². The van der Waals surface area contributed by atoms with E-state index in [1.807, 2.05) is 18.2 Å². The van der Waals surface area contributed by atoms with Crippen molar-refractivity contribution in [1.29, 1.82) is 0 Å². The van der Waals surface area contributed by atoms with Gasteiger partial charge in [-0.05, 0) is 42.1 Å². The number of aromatic nitrogens is 1. The zero-order chi connectivity index (χ0) is 19.5. The molecule has 1 atom stereocenters. The Morgan fingerprint density at radius 2 is 2.04 bits per heavy atom. The van der Waals surface area contributed by atoms with Gasteiger partial charge >= 0.3 is 6.03 Å². The van der Waals surface area contributed by atoms with E-state index in [0.717, 1.165) is 22.2 Å². The fraction of sp³-hybridized carbons (Fsp3) is 0.526. The fourth-order valence-electron chi connectivity index (χ4n) is 4.38. The lowest BCUT2D eigenvalue weighted by molar-refractivity contribution is -0.118. The molecule has 5 rings (SSSR count). The number of carbonyl (C=O) groups is 2. The summed E-state index contributed by atoms with van der Waals surface area (Å²) in [6.07, 6.45) is 2.26. The summed E-state index contributed by atoms with van der Waals surface area (Å²) in [5, 5.41) is 6.70. The number of nitrogens with zero attached hydrogens (tertiary/aromatic N) is 2. The first-order chi connectivity index (χ1) is 13.3. The lowest BCUT2D eigenvalue weighted by Gasteiger charge is -2.41. The van der Waals surface area contributed by atoms with Crippen LogP contribution in [0.1, 0.15) is 19.3 Å². The first-order valence-electron chi connectivity index (χ1n) is 9.40. The number of anilines is 1. The summed E-state index contributed by atoms with van der Waals surface area (Å²) in [6.45, 7) is 1.39. The average Bonchev–Trinajstić information content (AvgIpc) is 3.19. The van der Waals surface area contributed by atoms with Gasteiger partial charge in [-0.1, -0.05) is 0 Å². The van der Waals surface area contributed by atoms with E-state index in [0.29, 0.717) is 19.6 Å². The van der Waals surface area contributed by atoms with Gasteiger partial charge < -0.3 is 15.5 Å². The second-order valence-electron chi connectivity index (χ2n) is 8.36. The normalized spacial score (nSPS) is 24.5. The first kappa shape index (κ1) is 17.8. The van der Waals surface area contributed by atoms with Crippen molar-refractivity contribution in [2.45, 2.75) is 25.2 Å². The highest BCUT2D eigenvalue weighted by molar-refractivity contribution is 7.13. The molecular formula is C19H20F2N4O2S. The van der Waals surface area contributed by atoms with Gasteiger partial charge in [-0.15, -0.1) is 0 Å². The molecule has 0 bridgehead atoms. The third kappa shape index (κ3) is 3.11. The quantitative estimate of drug-likeness (QED) is 0.818. The van der Waals surface area contributed by atoms with Crippen LogP contribution < -0.4 is 10.6 Å². The molecule has 1 aromatic carbocycles. The van der Waals surface area contributed by atoms with Crippen molar-refractivity contribution >= 4 is 39.2 Å². The number of hydrogen-bond acceptors (Lipinski definition) is 4. The lowest BCUT2D eigenvalue weighted by atomic mass is 9.81. The number of rotatable bonds is 4. The van der Waals surface area contributed by atoms with Crippen molar-refractivity contribution in [3.63, 3.8) is 0 Å². The monoisotopic (exact) mass is 406 g/mol. The largest absolute Gasteiger partial charge is 0.338 e. The number of benzene rings is 1. The molecule has 3 fully saturated rings. The maximum atomic E-state index is 12.8. The average molecular weight is 406 g/mol. The maximum absolute atomic E-state index is 12.8. The number of urea groups is 1. The Bertz CT molecular complexity index is 948. The third-order valence-corrected chi connectivity index (χ3v) is 6.92. The van der Waals surface area contributed by atoms with Crippen molar-refractivity contribution < 1.29 is 18.4 Å². The summed E-state index contributed by atoms with van der Waals surface area (Å²) in [5.74, 6) is -2.79. The number of alkyl halides is 2. The van der Waals surface area contributed by atoms with Crippen LogP contribution in [0.5, 0.6) is 0 Å². The summed E-state index contributed by atoms with van der Waals surface area (Å²) in [7, 11) is 0. The molecule has 0 radical (unpaired) electrons. The minimum Gasteiger partial charge on any atom is -0.338 e. The molecule has 1 unspecified atom stereocenters. The van der Waals surface area contributed by atoms with Gasteiger partial charge in [-0.2, -0.15) is 4.37 Å². The third-order valence-electron chi connectivity index (χ3n) is 6.14. The number of nitrogens with one attached hydrogen (secondary N) is 2. The molecule has 2 N–H and O–H groups in total. The van der Waals surface area contributed by atoms with Gasteiger partial charge in [-0.25, -0.2) is 13.6 Å². The van der Waals surface area contributed by atoms with Crippen molar-refractivity contribution in [1.82, 2.24) is 14.6 Å². The van der Waals surface area contributed by atoms with Crippen LogP contribution in [-0.2, 0) is 4.79 Å². The highest BCUT2D eigenvalue weighted by Crippen LogP contribution is 2.59. The summed E-state index contributed by atoms with van der Waals surface area (Å²) in [4.78, 5) is 26.3. The second kappa shape index (κ2) is 6.10. The number of hydrogen-bond donors (Lipinski definition) is 2. The number of likely N-dealkylation sites (tertiary alicyclic amines) is 1. The van der Waals surface area contributed by atoms with Crippen LogP contribution in [0, 0.1) is 17.3 Å². The van der Waals surface area contributed by atoms with Crippen LogP contribution >= 0.6 is 11.5 Å². The van der Waals surface area contributed by atoms with E-state index < -0.39 is 5.92 Å². The Balaban J connectivity index is 1.09. The summed E-state index contributed by atoms with van der Waals surface area (Å²) >= 11 is 1.42. The molecular weight excluding hydrogens is 386 g/mol. The highest BCUT2D eigenvalue weighted by Gasteiger charge is 2.65.